The first kappa shape index (κ1) is 7.49. The van der Waals surface area contributed by atoms with Crippen molar-refractivity contribution < 1.29 is 14.3 Å². The molecule has 1 aliphatic rings. The fraction of sp³-hybridized carbons (Fsp3) is 0.250. The smallest absolute Gasteiger partial charge is 0.230 e. The standard InChI is InChI=1S/C4H4O3.BrH/c5-1-4-2-6-3-7-4;/h1-2H,3H2;1H. The predicted octanol–water partition coefficient (Wildman–Crippen LogP) is 0.609. The number of ether oxygens (including phenoxy) is 2. The minimum atomic E-state index is 0. The van der Waals surface area contributed by atoms with Gasteiger partial charge in [0, 0.05) is 0 Å². The first-order valence-electron chi connectivity index (χ1n) is 1.83. The van der Waals surface area contributed by atoms with Crippen molar-refractivity contribution in [2.45, 2.75) is 0 Å². The minimum Gasteiger partial charge on any atom is -0.461 e. The summed E-state index contributed by atoms with van der Waals surface area (Å²) in [4.78, 5) is 9.73. The molecule has 0 aromatic rings. The van der Waals surface area contributed by atoms with E-state index in [1.54, 1.807) is 0 Å². The van der Waals surface area contributed by atoms with E-state index < -0.39 is 0 Å². The second-order valence-electron chi connectivity index (χ2n) is 1.07. The molecule has 0 aliphatic carbocycles. The second-order valence-corrected chi connectivity index (χ2v) is 1.07. The number of allylic oxidation sites excluding steroid dienone is 1. The van der Waals surface area contributed by atoms with E-state index in [1.165, 1.54) is 6.26 Å². The zero-order valence-corrected chi connectivity index (χ0v) is 5.71. The number of carbonyl (C=O) groups is 1. The third kappa shape index (κ3) is 1.54. The fourth-order valence-corrected chi connectivity index (χ4v) is 0.314. The molecule has 0 bridgehead atoms. The quantitative estimate of drug-likeness (QED) is 0.556. The lowest BCUT2D eigenvalue weighted by Gasteiger charge is -1.86. The third-order valence-electron chi connectivity index (χ3n) is 0.609. The first-order valence-corrected chi connectivity index (χ1v) is 1.83. The van der Waals surface area contributed by atoms with Gasteiger partial charge in [-0.05, 0) is 0 Å². The van der Waals surface area contributed by atoms with Gasteiger partial charge in [0.25, 0.3) is 0 Å². The molecule has 0 spiro atoms. The summed E-state index contributed by atoms with van der Waals surface area (Å²) in [7, 11) is 0. The Balaban J connectivity index is 0.000000490. The van der Waals surface area contributed by atoms with Crippen LogP contribution in [0.15, 0.2) is 12.0 Å². The molecule has 46 valence electrons. The van der Waals surface area contributed by atoms with Gasteiger partial charge in [-0.3, -0.25) is 4.79 Å². The van der Waals surface area contributed by atoms with E-state index in [0.717, 1.165) is 0 Å². The van der Waals surface area contributed by atoms with Gasteiger partial charge < -0.3 is 9.47 Å². The molecule has 0 amide bonds. The molecule has 4 heteroatoms. The van der Waals surface area contributed by atoms with Crippen molar-refractivity contribution in [2.24, 2.45) is 0 Å². The molecule has 0 radical (unpaired) electrons. The van der Waals surface area contributed by atoms with Crippen LogP contribution in [0.5, 0.6) is 0 Å². The van der Waals surface area contributed by atoms with Crippen LogP contribution in [0.1, 0.15) is 0 Å². The topological polar surface area (TPSA) is 35.5 Å². The Morgan fingerprint density at radius 3 is 2.75 bits per heavy atom. The Morgan fingerprint density at radius 2 is 2.50 bits per heavy atom. The van der Waals surface area contributed by atoms with Crippen LogP contribution in [0.2, 0.25) is 0 Å². The maximum absolute atomic E-state index is 9.73. The summed E-state index contributed by atoms with van der Waals surface area (Å²) in [5, 5.41) is 0. The molecular weight excluding hydrogens is 176 g/mol. The Morgan fingerprint density at radius 1 is 1.75 bits per heavy atom. The Hall–Kier alpha value is -0.510. The van der Waals surface area contributed by atoms with E-state index in [2.05, 4.69) is 9.47 Å². The van der Waals surface area contributed by atoms with Gasteiger partial charge in [0.1, 0.15) is 6.26 Å². The van der Waals surface area contributed by atoms with Crippen molar-refractivity contribution in [1.29, 1.82) is 0 Å². The Kier molecular flexibility index (Phi) is 3.26. The zero-order valence-electron chi connectivity index (χ0n) is 3.99. The molecule has 8 heavy (non-hydrogen) atoms. The van der Waals surface area contributed by atoms with Crippen LogP contribution in [-0.2, 0) is 14.3 Å². The van der Waals surface area contributed by atoms with Crippen LogP contribution in [0, 0.1) is 0 Å². The van der Waals surface area contributed by atoms with E-state index >= 15 is 0 Å². The van der Waals surface area contributed by atoms with Crippen LogP contribution in [0.3, 0.4) is 0 Å². The minimum absolute atomic E-state index is 0. The van der Waals surface area contributed by atoms with Crippen molar-refractivity contribution in [3.63, 3.8) is 0 Å². The van der Waals surface area contributed by atoms with Crippen molar-refractivity contribution >= 4 is 23.3 Å². The molecule has 3 nitrogen and oxygen atoms in total. The van der Waals surface area contributed by atoms with E-state index in [0.29, 0.717) is 6.29 Å². The molecule has 0 N–H and O–H groups in total. The van der Waals surface area contributed by atoms with Gasteiger partial charge in [-0.1, -0.05) is 0 Å². The van der Waals surface area contributed by atoms with Gasteiger partial charge in [-0.2, -0.15) is 0 Å². The van der Waals surface area contributed by atoms with Gasteiger partial charge >= 0.3 is 0 Å². The van der Waals surface area contributed by atoms with Gasteiger partial charge in [0.2, 0.25) is 6.79 Å². The average Bonchev–Trinajstić information content (AvgIpc) is 2.14. The summed E-state index contributed by atoms with van der Waals surface area (Å²) < 4.78 is 9.11. The van der Waals surface area contributed by atoms with Crippen LogP contribution < -0.4 is 0 Å². The molecule has 0 unspecified atom stereocenters. The number of carbonyl (C=O) groups excluding carboxylic acids is 1. The van der Waals surface area contributed by atoms with Crippen LogP contribution in [0.4, 0.5) is 0 Å². The maximum Gasteiger partial charge on any atom is 0.230 e. The zero-order chi connectivity index (χ0) is 5.11. The van der Waals surface area contributed by atoms with Crippen molar-refractivity contribution in [3.8, 4) is 0 Å². The van der Waals surface area contributed by atoms with Crippen molar-refractivity contribution in [2.75, 3.05) is 6.79 Å². The highest BCUT2D eigenvalue weighted by Crippen LogP contribution is 2.00. The molecule has 0 aromatic carbocycles. The lowest BCUT2D eigenvalue weighted by atomic mass is 10.6. The number of aldehydes is 1. The molecule has 1 heterocycles. The molecular formula is C4H5BrO3. The highest BCUT2D eigenvalue weighted by atomic mass is 79.9. The molecule has 0 fully saturated rings. The summed E-state index contributed by atoms with van der Waals surface area (Å²) in [6.45, 7) is 0.175. The van der Waals surface area contributed by atoms with Crippen LogP contribution in [0.25, 0.3) is 0 Å². The molecule has 1 rings (SSSR count). The van der Waals surface area contributed by atoms with Crippen molar-refractivity contribution in [3.05, 3.63) is 12.0 Å². The summed E-state index contributed by atoms with van der Waals surface area (Å²) in [6.07, 6.45) is 1.89. The van der Waals surface area contributed by atoms with Gasteiger partial charge in [0.15, 0.2) is 12.0 Å². The molecule has 1 aliphatic heterocycles. The molecule has 0 saturated heterocycles. The summed E-state index contributed by atoms with van der Waals surface area (Å²) in [5.74, 6) is 0.264. The maximum atomic E-state index is 9.73. The molecule has 0 aromatic heterocycles. The first-order chi connectivity index (χ1) is 3.43. The van der Waals surface area contributed by atoms with Gasteiger partial charge in [-0.25, -0.2) is 0 Å². The molecule has 0 atom stereocenters. The average molecular weight is 181 g/mol. The second kappa shape index (κ2) is 3.49. The Labute approximate surface area is 57.0 Å². The van der Waals surface area contributed by atoms with Gasteiger partial charge in [0.05, 0.1) is 0 Å². The summed E-state index contributed by atoms with van der Waals surface area (Å²) >= 11 is 0. The third-order valence-corrected chi connectivity index (χ3v) is 0.609. The lowest BCUT2D eigenvalue weighted by Crippen LogP contribution is -1.84. The number of rotatable bonds is 1. The highest BCUT2D eigenvalue weighted by Gasteiger charge is 2.01. The fourth-order valence-electron chi connectivity index (χ4n) is 0.314. The molecule has 0 saturated carbocycles. The largest absolute Gasteiger partial charge is 0.461 e. The monoisotopic (exact) mass is 180 g/mol. The van der Waals surface area contributed by atoms with E-state index in [4.69, 9.17) is 0 Å². The van der Waals surface area contributed by atoms with E-state index in [9.17, 15) is 4.79 Å². The SMILES string of the molecule is Br.O=CC1=COCO1. The summed E-state index contributed by atoms with van der Waals surface area (Å²) in [6, 6.07) is 0. The van der Waals surface area contributed by atoms with Crippen LogP contribution >= 0.6 is 17.0 Å². The van der Waals surface area contributed by atoms with Crippen LogP contribution in [-0.4, -0.2) is 13.1 Å². The van der Waals surface area contributed by atoms with Crippen molar-refractivity contribution in [1.82, 2.24) is 0 Å². The van der Waals surface area contributed by atoms with Gasteiger partial charge in [-0.15, -0.1) is 17.0 Å². The highest BCUT2D eigenvalue weighted by molar-refractivity contribution is 8.93. The predicted molar refractivity (Wildman–Crippen MR) is 31.5 cm³/mol. The Bertz CT molecular complexity index is 110. The summed E-state index contributed by atoms with van der Waals surface area (Å²) in [5.41, 5.74) is 0. The number of halogens is 1. The number of hydrogen-bond donors (Lipinski definition) is 0. The normalized spacial score (nSPS) is 14.8. The van der Waals surface area contributed by atoms with E-state index in [1.807, 2.05) is 0 Å². The van der Waals surface area contributed by atoms with E-state index in [-0.39, 0.29) is 29.5 Å². The lowest BCUT2D eigenvalue weighted by molar-refractivity contribution is -0.107. The number of hydrogen-bond acceptors (Lipinski definition) is 3.